The Hall–Kier alpha value is -0.420. The molecule has 2 saturated heterocycles. The van der Waals surface area contributed by atoms with Gasteiger partial charge in [-0.25, -0.2) is 8.78 Å². The molecule has 2 heterocycles. The molecule has 0 bridgehead atoms. The van der Waals surface area contributed by atoms with Crippen LogP contribution in [0.4, 0.5) is 8.78 Å². The zero-order valence-corrected chi connectivity index (χ0v) is 11.4. The zero-order chi connectivity index (χ0) is 12.5. The van der Waals surface area contributed by atoms with Gasteiger partial charge in [0.1, 0.15) is 0 Å². The minimum absolute atomic E-state index is 0. The molecule has 0 saturated carbocycles. The predicted octanol–water partition coefficient (Wildman–Crippen LogP) is 2.05. The van der Waals surface area contributed by atoms with Gasteiger partial charge in [0.15, 0.2) is 0 Å². The maximum Gasteiger partial charge on any atom is 0.262 e. The number of carbonyl (C=O) groups excluding carboxylic acids is 1. The van der Waals surface area contributed by atoms with Crippen molar-refractivity contribution in [1.29, 1.82) is 0 Å². The molecule has 106 valence electrons. The van der Waals surface area contributed by atoms with Gasteiger partial charge in [-0.05, 0) is 18.8 Å². The smallest absolute Gasteiger partial charge is 0.262 e. The van der Waals surface area contributed by atoms with Crippen LogP contribution in [0.3, 0.4) is 0 Å². The number of amides is 1. The number of rotatable bonds is 2. The Morgan fingerprint density at radius 3 is 2.44 bits per heavy atom. The molecule has 18 heavy (non-hydrogen) atoms. The molecule has 2 aliphatic heterocycles. The van der Waals surface area contributed by atoms with Crippen LogP contribution in [0.25, 0.3) is 0 Å². The lowest BCUT2D eigenvalue weighted by Crippen LogP contribution is -2.46. The lowest BCUT2D eigenvalue weighted by atomic mass is 9.94. The molecule has 1 amide bonds. The second-order valence-electron chi connectivity index (χ2n) is 5.17. The van der Waals surface area contributed by atoms with Crippen molar-refractivity contribution in [3.05, 3.63) is 0 Å². The summed E-state index contributed by atoms with van der Waals surface area (Å²) in [6.45, 7) is 3.23. The minimum atomic E-state index is -2.72. The average molecular weight is 283 g/mol. The summed E-state index contributed by atoms with van der Waals surface area (Å²) in [6, 6.07) is -0.678. The van der Waals surface area contributed by atoms with Gasteiger partial charge in [0, 0.05) is 19.5 Å². The number of likely N-dealkylation sites (tertiary alicyclic amines) is 1. The Kier molecular flexibility index (Phi) is 5.34. The van der Waals surface area contributed by atoms with Crippen molar-refractivity contribution in [3.63, 3.8) is 0 Å². The molecule has 0 radical (unpaired) electrons. The van der Waals surface area contributed by atoms with E-state index >= 15 is 0 Å². The third kappa shape index (κ3) is 3.54. The SMILES string of the molecule is CCC1CCN(C(=O)C2CC(F)(F)CN2)CC1.Cl. The molecule has 0 aliphatic carbocycles. The number of hydrogen-bond acceptors (Lipinski definition) is 2. The van der Waals surface area contributed by atoms with Crippen LogP contribution in [0.2, 0.25) is 0 Å². The van der Waals surface area contributed by atoms with E-state index in [-0.39, 0.29) is 31.3 Å². The van der Waals surface area contributed by atoms with Crippen molar-refractivity contribution in [2.75, 3.05) is 19.6 Å². The fourth-order valence-corrected chi connectivity index (χ4v) is 2.67. The van der Waals surface area contributed by atoms with Gasteiger partial charge >= 0.3 is 0 Å². The molecular weight excluding hydrogens is 262 g/mol. The highest BCUT2D eigenvalue weighted by atomic mass is 35.5. The number of alkyl halides is 2. The van der Waals surface area contributed by atoms with E-state index in [1.807, 2.05) is 0 Å². The first-order chi connectivity index (χ1) is 8.02. The molecule has 0 aromatic rings. The number of piperidine rings is 1. The zero-order valence-electron chi connectivity index (χ0n) is 10.6. The van der Waals surface area contributed by atoms with E-state index in [2.05, 4.69) is 12.2 Å². The topological polar surface area (TPSA) is 32.3 Å². The highest BCUT2D eigenvalue weighted by molar-refractivity contribution is 5.85. The van der Waals surface area contributed by atoms with Crippen molar-refractivity contribution in [2.24, 2.45) is 5.92 Å². The second-order valence-corrected chi connectivity index (χ2v) is 5.17. The van der Waals surface area contributed by atoms with Gasteiger partial charge in [-0.1, -0.05) is 13.3 Å². The van der Waals surface area contributed by atoms with Gasteiger partial charge in [-0.2, -0.15) is 0 Å². The lowest BCUT2D eigenvalue weighted by Gasteiger charge is -2.33. The highest BCUT2D eigenvalue weighted by Gasteiger charge is 2.43. The number of nitrogens with one attached hydrogen (secondary N) is 1. The molecule has 2 fully saturated rings. The molecule has 3 nitrogen and oxygen atoms in total. The molecule has 6 heteroatoms. The van der Waals surface area contributed by atoms with Crippen molar-refractivity contribution in [1.82, 2.24) is 10.2 Å². The minimum Gasteiger partial charge on any atom is -0.341 e. The van der Waals surface area contributed by atoms with Gasteiger partial charge in [0.25, 0.3) is 5.92 Å². The van der Waals surface area contributed by atoms with Gasteiger partial charge in [-0.15, -0.1) is 12.4 Å². The molecule has 0 aromatic heterocycles. The van der Waals surface area contributed by atoms with Crippen LogP contribution in [0.5, 0.6) is 0 Å². The summed E-state index contributed by atoms with van der Waals surface area (Å²) in [6.07, 6.45) is 2.80. The maximum absolute atomic E-state index is 13.0. The second kappa shape index (κ2) is 6.15. The van der Waals surface area contributed by atoms with Crippen LogP contribution in [0.1, 0.15) is 32.6 Å². The van der Waals surface area contributed by atoms with Crippen LogP contribution in [0, 0.1) is 5.92 Å². The van der Waals surface area contributed by atoms with Crippen molar-refractivity contribution >= 4 is 18.3 Å². The Morgan fingerprint density at radius 1 is 1.39 bits per heavy atom. The number of nitrogens with zero attached hydrogens (tertiary/aromatic N) is 1. The van der Waals surface area contributed by atoms with Crippen LogP contribution in [-0.2, 0) is 4.79 Å². The summed E-state index contributed by atoms with van der Waals surface area (Å²) in [7, 11) is 0. The first-order valence-electron chi connectivity index (χ1n) is 6.42. The third-order valence-electron chi connectivity index (χ3n) is 3.91. The molecule has 1 atom stereocenters. The largest absolute Gasteiger partial charge is 0.341 e. The number of hydrogen-bond donors (Lipinski definition) is 1. The van der Waals surface area contributed by atoms with Crippen molar-refractivity contribution in [3.8, 4) is 0 Å². The monoisotopic (exact) mass is 282 g/mol. The number of carbonyl (C=O) groups is 1. The Morgan fingerprint density at radius 2 is 2.00 bits per heavy atom. The lowest BCUT2D eigenvalue weighted by molar-refractivity contribution is -0.135. The number of halogens is 3. The third-order valence-corrected chi connectivity index (χ3v) is 3.91. The van der Waals surface area contributed by atoms with Crippen LogP contribution in [-0.4, -0.2) is 42.4 Å². The molecule has 0 spiro atoms. The fourth-order valence-electron chi connectivity index (χ4n) is 2.67. The first-order valence-corrected chi connectivity index (χ1v) is 6.42. The van der Waals surface area contributed by atoms with E-state index in [1.165, 1.54) is 0 Å². The quantitative estimate of drug-likeness (QED) is 0.841. The van der Waals surface area contributed by atoms with Gasteiger partial charge < -0.3 is 4.90 Å². The van der Waals surface area contributed by atoms with Gasteiger partial charge in [0.2, 0.25) is 5.91 Å². The molecular formula is C12H21ClF2N2O. The van der Waals surface area contributed by atoms with Crippen LogP contribution in [0.15, 0.2) is 0 Å². The normalized spacial score (nSPS) is 27.9. The molecule has 1 N–H and O–H groups in total. The van der Waals surface area contributed by atoms with Crippen LogP contribution < -0.4 is 5.32 Å². The molecule has 0 aromatic carbocycles. The molecule has 1 unspecified atom stereocenters. The molecule has 2 aliphatic rings. The van der Waals surface area contributed by atoms with E-state index in [0.29, 0.717) is 5.92 Å². The van der Waals surface area contributed by atoms with Crippen molar-refractivity contribution < 1.29 is 13.6 Å². The molecule has 2 rings (SSSR count). The van der Waals surface area contributed by atoms with Crippen molar-refractivity contribution in [2.45, 2.75) is 44.6 Å². The summed E-state index contributed by atoms with van der Waals surface area (Å²) < 4.78 is 26.0. The maximum atomic E-state index is 13.0. The Balaban J connectivity index is 0.00000162. The predicted molar refractivity (Wildman–Crippen MR) is 68.2 cm³/mol. The van der Waals surface area contributed by atoms with E-state index in [4.69, 9.17) is 0 Å². The Labute approximate surface area is 113 Å². The highest BCUT2D eigenvalue weighted by Crippen LogP contribution is 2.27. The summed E-state index contributed by atoms with van der Waals surface area (Å²) in [5.41, 5.74) is 0. The Bertz CT molecular complexity index is 294. The van der Waals surface area contributed by atoms with E-state index in [1.54, 1.807) is 4.90 Å². The van der Waals surface area contributed by atoms with Crippen LogP contribution >= 0.6 is 12.4 Å². The summed E-state index contributed by atoms with van der Waals surface area (Å²) >= 11 is 0. The summed E-state index contributed by atoms with van der Waals surface area (Å²) in [4.78, 5) is 13.8. The van der Waals surface area contributed by atoms with E-state index in [9.17, 15) is 13.6 Å². The van der Waals surface area contributed by atoms with Gasteiger partial charge in [-0.3, -0.25) is 10.1 Å². The summed E-state index contributed by atoms with van der Waals surface area (Å²) in [5.74, 6) is -2.17. The average Bonchev–Trinajstić information content (AvgIpc) is 2.69. The standard InChI is InChI=1S/C12H20F2N2O.ClH/c1-2-9-3-5-16(6-4-9)11(17)10-7-12(13,14)8-15-10;/h9-10,15H,2-8H2,1H3;1H. The fraction of sp³-hybridized carbons (Fsp3) is 0.917. The van der Waals surface area contributed by atoms with E-state index < -0.39 is 12.0 Å². The van der Waals surface area contributed by atoms with Gasteiger partial charge in [0.05, 0.1) is 12.6 Å². The summed E-state index contributed by atoms with van der Waals surface area (Å²) in [5, 5.41) is 2.63. The first kappa shape index (κ1) is 15.6. The van der Waals surface area contributed by atoms with E-state index in [0.717, 1.165) is 32.4 Å².